The van der Waals surface area contributed by atoms with Crippen molar-refractivity contribution in [2.45, 2.75) is 0 Å². The summed E-state index contributed by atoms with van der Waals surface area (Å²) >= 11 is 0. The summed E-state index contributed by atoms with van der Waals surface area (Å²) in [5.74, 6) is 0. The van der Waals surface area contributed by atoms with Gasteiger partial charge in [0.15, 0.2) is 0 Å². The average molecular weight is 662 g/mol. The molecule has 1 aromatic heterocycles. The van der Waals surface area contributed by atoms with Gasteiger partial charge in [0, 0.05) is 10.8 Å². The predicted octanol–water partition coefficient (Wildman–Crippen LogP) is 14.4. The van der Waals surface area contributed by atoms with Gasteiger partial charge in [-0.25, -0.2) is 0 Å². The topological polar surface area (TPSA) is 13.1 Å². The first-order valence-corrected chi connectivity index (χ1v) is 16.4. The van der Waals surface area contributed by atoms with E-state index in [9.17, 15) is 8.22 Å². The second kappa shape index (κ2) is 10.9. The zero-order valence-corrected chi connectivity index (χ0v) is 26.6. The Labute approximate surface area is 315 Å². The van der Waals surface area contributed by atoms with Crippen LogP contribution >= 0.6 is 0 Å². The highest BCUT2D eigenvalue weighted by Gasteiger charge is 2.19. The lowest BCUT2D eigenvalue weighted by Gasteiger charge is -2.19. The van der Waals surface area contributed by atoms with Crippen molar-refractivity contribution in [2.24, 2.45) is 0 Å². The van der Waals surface area contributed by atoms with Crippen molar-refractivity contribution < 1.29 is 25.0 Å². The number of hydrogen-bond acceptors (Lipinski definition) is 1. The predicted molar refractivity (Wildman–Crippen MR) is 218 cm³/mol. The molecule has 0 saturated carbocycles. The summed E-state index contributed by atoms with van der Waals surface area (Å²) in [6.07, 6.45) is 0. The zero-order chi connectivity index (χ0) is 46.5. The van der Waals surface area contributed by atoms with Gasteiger partial charge in [0.25, 0.3) is 0 Å². The van der Waals surface area contributed by atoms with Crippen molar-refractivity contribution in [1.82, 2.24) is 0 Å². The summed E-state index contributed by atoms with van der Waals surface area (Å²) in [5.41, 5.74) is 2.48. The highest BCUT2D eigenvalue weighted by molar-refractivity contribution is 6.24. The first-order valence-electron chi connectivity index (χ1n) is 23.9. The Morgan fingerprint density at radius 1 is 0.373 bits per heavy atom. The van der Waals surface area contributed by atoms with Crippen LogP contribution in [-0.2, 0) is 0 Å². The molecule has 10 aromatic carbocycles. The maximum absolute atomic E-state index is 9.53. The molecule has 11 rings (SSSR count). The van der Waals surface area contributed by atoms with Crippen LogP contribution < -0.4 is 0 Å². The molecule has 0 amide bonds. The monoisotopic (exact) mass is 661 g/mol. The Balaban J connectivity index is 1.32. The van der Waals surface area contributed by atoms with E-state index in [0.717, 1.165) is 32.7 Å². The summed E-state index contributed by atoms with van der Waals surface area (Å²) in [6.45, 7) is 0. The fourth-order valence-electron chi connectivity index (χ4n) is 7.46. The molecule has 0 unspecified atom stereocenters. The molecule has 1 nitrogen and oxygen atoms in total. The van der Waals surface area contributed by atoms with Gasteiger partial charge < -0.3 is 4.42 Å². The highest BCUT2D eigenvalue weighted by Crippen LogP contribution is 2.46. The summed E-state index contributed by atoms with van der Waals surface area (Å²) in [6, 6.07) is 18.9. The normalized spacial score (nSPS) is 16.0. The molecule has 0 bridgehead atoms. The van der Waals surface area contributed by atoms with Crippen molar-refractivity contribution in [1.29, 1.82) is 0 Å². The summed E-state index contributed by atoms with van der Waals surface area (Å²) in [7, 11) is 0. The molecule has 0 fully saturated rings. The Bertz CT molecular complexity index is 3980. The second-order valence-electron chi connectivity index (χ2n) is 12.5. The van der Waals surface area contributed by atoms with E-state index in [0.29, 0.717) is 27.5 Å². The third-order valence-electron chi connectivity index (χ3n) is 9.70. The summed E-state index contributed by atoms with van der Waals surface area (Å²) in [4.78, 5) is 0. The molecule has 1 heteroatoms. The van der Waals surface area contributed by atoms with Gasteiger partial charge in [-0.05, 0) is 118 Å². The molecule has 1 heterocycles. The minimum atomic E-state index is -0.739. The number of furan rings is 1. The van der Waals surface area contributed by atoms with E-state index < -0.39 is 107 Å². The van der Waals surface area contributed by atoms with Gasteiger partial charge in [-0.15, -0.1) is 0 Å². The highest BCUT2D eigenvalue weighted by atomic mass is 16.3. The average Bonchev–Trinajstić information content (AvgIpc) is 3.69. The summed E-state index contributed by atoms with van der Waals surface area (Å²) < 4.78 is 142. The minimum Gasteiger partial charge on any atom is -0.456 e. The molecule has 236 valence electrons. The Morgan fingerprint density at radius 3 is 1.80 bits per heavy atom. The van der Waals surface area contributed by atoms with Crippen LogP contribution in [0.25, 0.3) is 109 Å². The molecular formula is C50H30O. The van der Waals surface area contributed by atoms with Crippen LogP contribution in [0, 0.1) is 0 Å². The largest absolute Gasteiger partial charge is 0.456 e. The molecule has 0 atom stereocenters. The quantitative estimate of drug-likeness (QED) is 0.172. The Kier molecular flexibility index (Phi) is 3.70. The molecule has 0 radical (unpaired) electrons. The van der Waals surface area contributed by atoms with E-state index in [-0.39, 0.29) is 32.7 Å². The van der Waals surface area contributed by atoms with Gasteiger partial charge in [0.2, 0.25) is 0 Å². The van der Waals surface area contributed by atoms with Crippen molar-refractivity contribution in [3.05, 3.63) is 182 Å². The molecule has 11 aromatic rings. The lowest BCUT2D eigenvalue weighted by molar-refractivity contribution is 0.669. The van der Waals surface area contributed by atoms with E-state index in [1.807, 2.05) is 72.8 Å². The first-order chi connectivity index (χ1) is 31.5. The van der Waals surface area contributed by atoms with Crippen LogP contribution in [-0.4, -0.2) is 0 Å². The molecule has 51 heavy (non-hydrogen) atoms. The van der Waals surface area contributed by atoms with Crippen LogP contribution in [0.3, 0.4) is 0 Å². The van der Waals surface area contributed by atoms with Crippen LogP contribution in [0.2, 0.25) is 0 Å². The molecule has 0 aliphatic heterocycles. The van der Waals surface area contributed by atoms with Crippen molar-refractivity contribution in [3.8, 4) is 33.4 Å². The maximum Gasteiger partial charge on any atom is 0.136 e. The van der Waals surface area contributed by atoms with Gasteiger partial charge in [-0.2, -0.15) is 0 Å². The van der Waals surface area contributed by atoms with E-state index in [4.69, 9.17) is 16.8 Å². The second-order valence-corrected chi connectivity index (χ2v) is 12.5. The van der Waals surface area contributed by atoms with E-state index >= 15 is 0 Å². The van der Waals surface area contributed by atoms with Crippen LogP contribution in [0.5, 0.6) is 0 Å². The van der Waals surface area contributed by atoms with E-state index in [1.165, 1.54) is 0 Å². The number of fused-ring (bicyclic) bond motifs is 8. The van der Waals surface area contributed by atoms with Crippen LogP contribution in [0.4, 0.5) is 0 Å². The SMILES string of the molecule is [2H]c1c([2H])c([2H])c2c([2H])c(-c3c4c([2H])c([2H])c([2H])c([2H])c4c(-c4cccc5ccc(-c6cccc7oc8cc9ccccc9cc8c67)cc45)c4c([2H])c([2H])c([2H])c([2H])c34)c([2H])c([2H])c2c1[2H]. The smallest absolute Gasteiger partial charge is 0.136 e. The van der Waals surface area contributed by atoms with Crippen molar-refractivity contribution >= 4 is 75.8 Å². The van der Waals surface area contributed by atoms with Gasteiger partial charge in [0.1, 0.15) is 11.2 Å². The number of hydrogen-bond donors (Lipinski definition) is 0. The fraction of sp³-hybridized carbons (Fsp3) is 0. The number of benzene rings is 10. The summed E-state index contributed by atoms with van der Waals surface area (Å²) in [5, 5.41) is 3.28. The minimum absolute atomic E-state index is 0.0378. The fourth-order valence-corrected chi connectivity index (χ4v) is 7.46. The maximum atomic E-state index is 9.53. The Morgan fingerprint density at radius 2 is 1.02 bits per heavy atom. The first kappa shape index (κ1) is 17.3. The third kappa shape index (κ3) is 4.28. The van der Waals surface area contributed by atoms with Gasteiger partial charge in [-0.3, -0.25) is 0 Å². The van der Waals surface area contributed by atoms with Crippen molar-refractivity contribution in [2.75, 3.05) is 0 Å². The molecule has 0 aliphatic rings. The lowest BCUT2D eigenvalue weighted by atomic mass is 9.84. The molecular weight excluding hydrogens is 617 g/mol. The molecule has 0 spiro atoms. The lowest BCUT2D eigenvalue weighted by Crippen LogP contribution is -1.92. The molecule has 0 saturated heterocycles. The van der Waals surface area contributed by atoms with Gasteiger partial charge in [0.05, 0.1) is 20.6 Å². The van der Waals surface area contributed by atoms with E-state index in [2.05, 4.69) is 6.07 Å². The van der Waals surface area contributed by atoms with Gasteiger partial charge >= 0.3 is 0 Å². The number of rotatable bonds is 3. The standard InChI is InChI=1S/C50H30O/c1-2-12-33-27-37(26-23-31(33)11-1)48-39-16-5-7-18-41(39)49(42-19-8-6-17-40(42)48)43-21-9-15-32-24-25-36(29-44(32)43)38-20-10-22-46-50(38)45-28-34-13-3-4-14-35(34)30-47(45)51-46/h1-30H/i1D,2D,5D,6D,7D,8D,11D,12D,16D,17D,18D,19D,23D,26D,27D. The van der Waals surface area contributed by atoms with E-state index in [1.54, 1.807) is 12.1 Å². The van der Waals surface area contributed by atoms with Gasteiger partial charge in [-0.1, -0.05) is 151 Å². The third-order valence-corrected chi connectivity index (χ3v) is 9.70. The zero-order valence-electron chi connectivity index (χ0n) is 41.6. The van der Waals surface area contributed by atoms with Crippen molar-refractivity contribution in [3.63, 3.8) is 0 Å². The molecule has 0 N–H and O–H groups in total. The van der Waals surface area contributed by atoms with Crippen LogP contribution in [0.15, 0.2) is 186 Å². The molecule has 0 aliphatic carbocycles. The van der Waals surface area contributed by atoms with Crippen LogP contribution in [0.1, 0.15) is 20.6 Å². The Hall–Kier alpha value is -6.70.